The zero-order chi connectivity index (χ0) is 32.3. The van der Waals surface area contributed by atoms with Gasteiger partial charge >= 0.3 is 0 Å². The molecule has 0 aliphatic heterocycles. The minimum Gasteiger partial charge on any atom is -0.309 e. The Kier molecular flexibility index (Phi) is 6.18. The number of hydrogen-bond acceptors (Lipinski definition) is 2. The van der Waals surface area contributed by atoms with Gasteiger partial charge in [0.1, 0.15) is 0 Å². The summed E-state index contributed by atoms with van der Waals surface area (Å²) < 4.78 is 2.45. The van der Waals surface area contributed by atoms with E-state index in [0.717, 1.165) is 33.8 Å². The number of aromatic nitrogens is 3. The summed E-state index contributed by atoms with van der Waals surface area (Å²) in [6, 6.07) is 62.5. The van der Waals surface area contributed by atoms with Crippen molar-refractivity contribution in [3.05, 3.63) is 176 Å². The summed E-state index contributed by atoms with van der Waals surface area (Å²) in [5, 5.41) is 10.1. The van der Waals surface area contributed by atoms with Crippen LogP contribution in [0.25, 0.3) is 93.7 Å². The Balaban J connectivity index is 1.29. The molecule has 0 spiro atoms. The molecule has 228 valence electrons. The van der Waals surface area contributed by atoms with Crippen LogP contribution in [-0.2, 0) is 0 Å². The maximum absolute atomic E-state index is 5.16. The third-order valence-corrected chi connectivity index (χ3v) is 9.75. The van der Waals surface area contributed by atoms with Crippen molar-refractivity contribution in [2.45, 2.75) is 0 Å². The minimum atomic E-state index is 0.698. The van der Waals surface area contributed by atoms with Gasteiger partial charge in [-0.2, -0.15) is 0 Å². The standard InChI is InChI=1S/C46H29N3/c1-3-15-31(16-4-1)40-29-41(32-17-5-2-6-18-32)48-46(47-40)33-19-13-20-34(28-33)49-42-27-26-30-14-7-8-21-35(30)43(42)44-38-24-11-9-22-36(38)37-23-10-12-25-39(37)45(44)49/h1-29H. The molecule has 0 fully saturated rings. The van der Waals surface area contributed by atoms with E-state index in [2.05, 4.69) is 168 Å². The normalized spacial score (nSPS) is 11.7. The van der Waals surface area contributed by atoms with Gasteiger partial charge in [0.25, 0.3) is 0 Å². The van der Waals surface area contributed by atoms with Crippen molar-refractivity contribution < 1.29 is 0 Å². The Bertz CT molecular complexity index is 2810. The van der Waals surface area contributed by atoms with Crippen molar-refractivity contribution in [2.24, 2.45) is 0 Å². The molecule has 2 heterocycles. The minimum absolute atomic E-state index is 0.698. The highest BCUT2D eigenvalue weighted by molar-refractivity contribution is 6.35. The fourth-order valence-electron chi connectivity index (χ4n) is 7.58. The van der Waals surface area contributed by atoms with E-state index in [4.69, 9.17) is 9.97 Å². The molecule has 3 heteroatoms. The average molecular weight is 624 g/mol. The Morgan fingerprint density at radius 1 is 0.367 bits per heavy atom. The van der Waals surface area contributed by atoms with Crippen LogP contribution in [-0.4, -0.2) is 14.5 Å². The molecule has 0 bridgehead atoms. The first kappa shape index (κ1) is 27.5. The molecule has 0 saturated carbocycles. The van der Waals surface area contributed by atoms with Crippen LogP contribution in [0, 0.1) is 0 Å². The number of fused-ring (bicyclic) bond motifs is 10. The summed E-state index contributed by atoms with van der Waals surface area (Å²) in [5.74, 6) is 0.698. The molecule has 10 aromatic rings. The lowest BCUT2D eigenvalue weighted by molar-refractivity contribution is 1.16. The van der Waals surface area contributed by atoms with Crippen LogP contribution in [0.1, 0.15) is 0 Å². The van der Waals surface area contributed by atoms with Crippen LogP contribution >= 0.6 is 0 Å². The van der Waals surface area contributed by atoms with E-state index in [9.17, 15) is 0 Å². The summed E-state index contributed by atoms with van der Waals surface area (Å²) in [6.45, 7) is 0. The summed E-state index contributed by atoms with van der Waals surface area (Å²) in [7, 11) is 0. The monoisotopic (exact) mass is 623 g/mol. The second kappa shape index (κ2) is 11.0. The summed E-state index contributed by atoms with van der Waals surface area (Å²) >= 11 is 0. The molecular formula is C46H29N3. The molecular weight excluding hydrogens is 595 g/mol. The van der Waals surface area contributed by atoms with E-state index in [1.54, 1.807) is 0 Å². The van der Waals surface area contributed by atoms with E-state index >= 15 is 0 Å². The quantitative estimate of drug-likeness (QED) is 0.183. The zero-order valence-corrected chi connectivity index (χ0v) is 26.6. The molecule has 0 unspecified atom stereocenters. The molecule has 3 nitrogen and oxygen atoms in total. The predicted octanol–water partition coefficient (Wildman–Crippen LogP) is 12.0. The lowest BCUT2D eigenvalue weighted by Crippen LogP contribution is -1.98. The Labute approximate surface area is 283 Å². The van der Waals surface area contributed by atoms with Crippen molar-refractivity contribution >= 4 is 54.1 Å². The Hall–Kier alpha value is -6.58. The second-order valence-electron chi connectivity index (χ2n) is 12.6. The predicted molar refractivity (Wildman–Crippen MR) is 205 cm³/mol. The molecule has 49 heavy (non-hydrogen) atoms. The fourth-order valence-corrected chi connectivity index (χ4v) is 7.58. The first-order valence-corrected chi connectivity index (χ1v) is 16.7. The summed E-state index contributed by atoms with van der Waals surface area (Å²) in [4.78, 5) is 10.3. The van der Waals surface area contributed by atoms with Gasteiger partial charge in [-0.3, -0.25) is 0 Å². The summed E-state index contributed by atoms with van der Waals surface area (Å²) in [6.07, 6.45) is 0. The van der Waals surface area contributed by atoms with Crippen LogP contribution in [0.15, 0.2) is 176 Å². The molecule has 0 amide bonds. The first-order valence-electron chi connectivity index (χ1n) is 16.7. The molecule has 2 aromatic heterocycles. The molecule has 0 N–H and O–H groups in total. The van der Waals surface area contributed by atoms with E-state index in [0.29, 0.717) is 5.82 Å². The van der Waals surface area contributed by atoms with Crippen LogP contribution in [0.3, 0.4) is 0 Å². The Morgan fingerprint density at radius 3 is 1.61 bits per heavy atom. The van der Waals surface area contributed by atoms with Crippen molar-refractivity contribution in [1.29, 1.82) is 0 Å². The first-order chi connectivity index (χ1) is 24.3. The van der Waals surface area contributed by atoms with E-state index < -0.39 is 0 Å². The van der Waals surface area contributed by atoms with Gasteiger partial charge in [0, 0.05) is 38.5 Å². The Morgan fingerprint density at radius 2 is 0.918 bits per heavy atom. The van der Waals surface area contributed by atoms with E-state index in [1.807, 2.05) is 12.1 Å². The maximum atomic E-state index is 5.16. The molecule has 8 aromatic carbocycles. The number of hydrogen-bond donors (Lipinski definition) is 0. The fraction of sp³-hybridized carbons (Fsp3) is 0. The molecule has 0 atom stereocenters. The second-order valence-corrected chi connectivity index (χ2v) is 12.6. The molecule has 0 radical (unpaired) electrons. The lowest BCUT2D eigenvalue weighted by atomic mass is 9.95. The van der Waals surface area contributed by atoms with Crippen molar-refractivity contribution in [3.8, 4) is 39.6 Å². The van der Waals surface area contributed by atoms with Crippen molar-refractivity contribution in [3.63, 3.8) is 0 Å². The maximum Gasteiger partial charge on any atom is 0.160 e. The highest BCUT2D eigenvalue weighted by atomic mass is 15.0. The van der Waals surface area contributed by atoms with Gasteiger partial charge in [-0.15, -0.1) is 0 Å². The molecule has 0 aliphatic carbocycles. The van der Waals surface area contributed by atoms with Crippen LogP contribution < -0.4 is 0 Å². The van der Waals surface area contributed by atoms with Gasteiger partial charge in [-0.25, -0.2) is 9.97 Å². The van der Waals surface area contributed by atoms with Crippen molar-refractivity contribution in [1.82, 2.24) is 14.5 Å². The van der Waals surface area contributed by atoms with Gasteiger partial charge in [0.2, 0.25) is 0 Å². The molecule has 0 aliphatic rings. The van der Waals surface area contributed by atoms with Gasteiger partial charge < -0.3 is 4.57 Å². The van der Waals surface area contributed by atoms with Gasteiger partial charge in [0.15, 0.2) is 5.82 Å². The lowest BCUT2D eigenvalue weighted by Gasteiger charge is -2.14. The third-order valence-electron chi connectivity index (χ3n) is 9.75. The third kappa shape index (κ3) is 4.37. The van der Waals surface area contributed by atoms with Crippen LogP contribution in [0.4, 0.5) is 0 Å². The highest BCUT2D eigenvalue weighted by Crippen LogP contribution is 2.44. The highest BCUT2D eigenvalue weighted by Gasteiger charge is 2.21. The van der Waals surface area contributed by atoms with Crippen LogP contribution in [0.2, 0.25) is 0 Å². The number of rotatable bonds is 4. The van der Waals surface area contributed by atoms with Gasteiger partial charge in [-0.1, -0.05) is 152 Å². The van der Waals surface area contributed by atoms with E-state index in [-0.39, 0.29) is 0 Å². The zero-order valence-electron chi connectivity index (χ0n) is 26.6. The SMILES string of the molecule is c1ccc(-c2cc(-c3ccccc3)nc(-c3cccc(-n4c5ccc6ccccc6c5c5c6ccccc6c6ccccc6c54)c3)n2)cc1. The van der Waals surface area contributed by atoms with Crippen LogP contribution in [0.5, 0.6) is 0 Å². The topological polar surface area (TPSA) is 30.7 Å². The van der Waals surface area contributed by atoms with Gasteiger partial charge in [0.05, 0.1) is 22.4 Å². The van der Waals surface area contributed by atoms with Crippen molar-refractivity contribution in [2.75, 3.05) is 0 Å². The van der Waals surface area contributed by atoms with Gasteiger partial charge in [-0.05, 0) is 51.2 Å². The van der Waals surface area contributed by atoms with E-state index in [1.165, 1.54) is 54.1 Å². The number of benzene rings is 8. The molecule has 10 rings (SSSR count). The number of nitrogens with zero attached hydrogens (tertiary/aromatic N) is 3. The molecule has 0 saturated heterocycles. The summed E-state index contributed by atoms with van der Waals surface area (Å²) in [5.41, 5.74) is 8.35. The largest absolute Gasteiger partial charge is 0.309 e. The average Bonchev–Trinajstić information content (AvgIpc) is 3.55. The smallest absolute Gasteiger partial charge is 0.160 e.